The first kappa shape index (κ1) is 12.1. The fourth-order valence-corrected chi connectivity index (χ4v) is 2.51. The second-order valence-corrected chi connectivity index (χ2v) is 4.48. The fraction of sp³-hybridized carbons (Fsp3) is 0.500. The minimum absolute atomic E-state index is 0.0453. The number of ether oxygens (including phenoxy) is 1. The molecule has 3 nitrogen and oxygen atoms in total. The number of carbonyl (C=O) groups excluding carboxylic acids is 1. The summed E-state index contributed by atoms with van der Waals surface area (Å²) in [4.78, 5) is 11.9. The van der Waals surface area contributed by atoms with E-state index in [-0.39, 0.29) is 17.8 Å². The quantitative estimate of drug-likeness (QED) is 0.810. The summed E-state index contributed by atoms with van der Waals surface area (Å²) < 4.78 is 5.14. The maximum atomic E-state index is 11.9. The summed E-state index contributed by atoms with van der Waals surface area (Å²) in [6.07, 6.45) is 0. The van der Waals surface area contributed by atoms with Gasteiger partial charge in [-0.3, -0.25) is 4.79 Å². The molecular weight excluding hydrogens is 214 g/mol. The average Bonchev–Trinajstić information content (AvgIpc) is 2.79. The number of nitrogens with one attached hydrogen (secondary N) is 1. The molecule has 0 bridgehead atoms. The van der Waals surface area contributed by atoms with E-state index in [0.29, 0.717) is 6.61 Å². The molecule has 1 heterocycles. The van der Waals surface area contributed by atoms with Crippen LogP contribution in [0, 0.1) is 12.8 Å². The summed E-state index contributed by atoms with van der Waals surface area (Å²) in [6, 6.07) is 8.26. The molecule has 3 heteroatoms. The molecule has 2 atom stereocenters. The Morgan fingerprint density at radius 3 is 2.88 bits per heavy atom. The predicted molar refractivity (Wildman–Crippen MR) is 66.9 cm³/mol. The van der Waals surface area contributed by atoms with Crippen molar-refractivity contribution in [2.24, 2.45) is 5.92 Å². The van der Waals surface area contributed by atoms with Gasteiger partial charge in [0.05, 0.1) is 12.5 Å². The molecule has 2 rings (SSSR count). The molecule has 0 radical (unpaired) electrons. The Kier molecular flexibility index (Phi) is 3.79. The van der Waals surface area contributed by atoms with Crippen LogP contribution in [0.2, 0.25) is 0 Å². The highest BCUT2D eigenvalue weighted by Crippen LogP contribution is 2.30. The fourth-order valence-electron chi connectivity index (χ4n) is 2.51. The van der Waals surface area contributed by atoms with Crippen LogP contribution in [0.25, 0.3) is 0 Å². The highest BCUT2D eigenvalue weighted by molar-refractivity contribution is 5.74. The van der Waals surface area contributed by atoms with Gasteiger partial charge in [-0.15, -0.1) is 0 Å². The van der Waals surface area contributed by atoms with Gasteiger partial charge in [-0.2, -0.15) is 0 Å². The molecule has 1 saturated heterocycles. The summed E-state index contributed by atoms with van der Waals surface area (Å²) in [6.45, 7) is 5.97. The number of hydrogen-bond acceptors (Lipinski definition) is 3. The highest BCUT2D eigenvalue weighted by Gasteiger charge is 2.35. The lowest BCUT2D eigenvalue weighted by molar-refractivity contribution is -0.147. The second kappa shape index (κ2) is 5.32. The first-order valence-corrected chi connectivity index (χ1v) is 6.17. The summed E-state index contributed by atoms with van der Waals surface area (Å²) in [5.41, 5.74) is 2.51. The van der Waals surface area contributed by atoms with Gasteiger partial charge in [0.2, 0.25) is 0 Å². The van der Waals surface area contributed by atoms with Gasteiger partial charge in [0, 0.05) is 19.0 Å². The van der Waals surface area contributed by atoms with Gasteiger partial charge in [0.15, 0.2) is 0 Å². The van der Waals surface area contributed by atoms with Crippen molar-refractivity contribution < 1.29 is 9.53 Å². The third-order valence-corrected chi connectivity index (χ3v) is 3.39. The van der Waals surface area contributed by atoms with Crippen LogP contribution >= 0.6 is 0 Å². The number of aryl methyl sites for hydroxylation is 1. The zero-order chi connectivity index (χ0) is 12.3. The standard InChI is InChI=1S/C14H19NO2/c1-3-17-14(16)13-9-15-8-12(13)11-7-5-4-6-10(11)2/h4-7,12-13,15H,3,8-9H2,1-2H3/t12-,13+/m0/s1. The topological polar surface area (TPSA) is 38.3 Å². The molecule has 0 aliphatic carbocycles. The van der Waals surface area contributed by atoms with Crippen LogP contribution in [-0.4, -0.2) is 25.7 Å². The number of esters is 1. The van der Waals surface area contributed by atoms with Gasteiger partial charge >= 0.3 is 5.97 Å². The minimum atomic E-state index is -0.0780. The molecule has 1 N–H and O–H groups in total. The number of carbonyl (C=O) groups is 1. The first-order chi connectivity index (χ1) is 8.24. The van der Waals surface area contributed by atoms with Gasteiger partial charge in [-0.05, 0) is 25.0 Å². The lowest BCUT2D eigenvalue weighted by atomic mass is 9.86. The monoisotopic (exact) mass is 233 g/mol. The van der Waals surface area contributed by atoms with Crippen molar-refractivity contribution in [2.45, 2.75) is 19.8 Å². The van der Waals surface area contributed by atoms with Crippen molar-refractivity contribution in [3.63, 3.8) is 0 Å². The predicted octanol–water partition coefficient (Wildman–Crippen LogP) is 1.86. The van der Waals surface area contributed by atoms with Gasteiger partial charge in [-0.1, -0.05) is 24.3 Å². The van der Waals surface area contributed by atoms with Crippen molar-refractivity contribution >= 4 is 5.97 Å². The van der Waals surface area contributed by atoms with Crippen molar-refractivity contribution in [3.8, 4) is 0 Å². The molecule has 92 valence electrons. The molecule has 0 spiro atoms. The largest absolute Gasteiger partial charge is 0.466 e. The Hall–Kier alpha value is -1.35. The Morgan fingerprint density at radius 1 is 1.41 bits per heavy atom. The lowest BCUT2D eigenvalue weighted by Gasteiger charge is -2.19. The second-order valence-electron chi connectivity index (χ2n) is 4.48. The molecule has 1 aliphatic heterocycles. The maximum absolute atomic E-state index is 11.9. The van der Waals surface area contributed by atoms with E-state index in [4.69, 9.17) is 4.74 Å². The summed E-state index contributed by atoms with van der Waals surface area (Å²) in [5, 5.41) is 3.29. The highest BCUT2D eigenvalue weighted by atomic mass is 16.5. The van der Waals surface area contributed by atoms with Crippen LogP contribution in [0.3, 0.4) is 0 Å². The molecule has 1 fully saturated rings. The van der Waals surface area contributed by atoms with E-state index in [2.05, 4.69) is 24.4 Å². The van der Waals surface area contributed by atoms with E-state index in [1.807, 2.05) is 19.1 Å². The van der Waals surface area contributed by atoms with Gasteiger partial charge in [0.25, 0.3) is 0 Å². The third-order valence-electron chi connectivity index (χ3n) is 3.39. The molecule has 0 amide bonds. The maximum Gasteiger partial charge on any atom is 0.310 e. The molecule has 1 aromatic rings. The minimum Gasteiger partial charge on any atom is -0.466 e. The lowest BCUT2D eigenvalue weighted by Crippen LogP contribution is -2.24. The smallest absolute Gasteiger partial charge is 0.310 e. The molecule has 1 aromatic carbocycles. The SMILES string of the molecule is CCOC(=O)[C@@H]1CNC[C@H]1c1ccccc1C. The zero-order valence-corrected chi connectivity index (χ0v) is 10.4. The molecule has 17 heavy (non-hydrogen) atoms. The molecule has 0 saturated carbocycles. The van der Waals surface area contributed by atoms with Crippen LogP contribution in [0.5, 0.6) is 0 Å². The van der Waals surface area contributed by atoms with E-state index in [1.165, 1.54) is 11.1 Å². The number of benzene rings is 1. The first-order valence-electron chi connectivity index (χ1n) is 6.17. The van der Waals surface area contributed by atoms with Crippen molar-refractivity contribution in [2.75, 3.05) is 19.7 Å². The van der Waals surface area contributed by atoms with Gasteiger partial charge in [-0.25, -0.2) is 0 Å². The summed E-state index contributed by atoms with van der Waals surface area (Å²) in [5.74, 6) is 0.122. The molecular formula is C14H19NO2. The van der Waals surface area contributed by atoms with Crippen LogP contribution in [0.15, 0.2) is 24.3 Å². The van der Waals surface area contributed by atoms with E-state index >= 15 is 0 Å². The van der Waals surface area contributed by atoms with Crippen LogP contribution < -0.4 is 5.32 Å². The average molecular weight is 233 g/mol. The van der Waals surface area contributed by atoms with Gasteiger partial charge < -0.3 is 10.1 Å². The Morgan fingerprint density at radius 2 is 2.18 bits per heavy atom. The number of rotatable bonds is 3. The summed E-state index contributed by atoms with van der Waals surface area (Å²) >= 11 is 0. The summed E-state index contributed by atoms with van der Waals surface area (Å²) in [7, 11) is 0. The van der Waals surface area contributed by atoms with Crippen LogP contribution in [0.4, 0.5) is 0 Å². The van der Waals surface area contributed by atoms with Crippen molar-refractivity contribution in [1.29, 1.82) is 0 Å². The van der Waals surface area contributed by atoms with Crippen molar-refractivity contribution in [1.82, 2.24) is 5.32 Å². The van der Waals surface area contributed by atoms with E-state index < -0.39 is 0 Å². The zero-order valence-electron chi connectivity index (χ0n) is 10.4. The Balaban J connectivity index is 2.20. The van der Waals surface area contributed by atoms with E-state index in [0.717, 1.165) is 13.1 Å². The molecule has 0 aromatic heterocycles. The third kappa shape index (κ3) is 2.50. The molecule has 1 aliphatic rings. The van der Waals surface area contributed by atoms with Crippen molar-refractivity contribution in [3.05, 3.63) is 35.4 Å². The molecule has 0 unspecified atom stereocenters. The van der Waals surface area contributed by atoms with Gasteiger partial charge in [0.1, 0.15) is 0 Å². The van der Waals surface area contributed by atoms with Crippen LogP contribution in [-0.2, 0) is 9.53 Å². The Bertz CT molecular complexity index is 403. The van der Waals surface area contributed by atoms with E-state index in [9.17, 15) is 4.79 Å². The normalized spacial score (nSPS) is 23.6. The number of hydrogen-bond donors (Lipinski definition) is 1. The Labute approximate surface area is 102 Å². The van der Waals surface area contributed by atoms with Crippen LogP contribution in [0.1, 0.15) is 24.0 Å². The van der Waals surface area contributed by atoms with E-state index in [1.54, 1.807) is 0 Å².